The molecule has 1 aliphatic rings. The molecule has 3 rings (SSSR count). The lowest BCUT2D eigenvalue weighted by molar-refractivity contribution is -0.383. The molecule has 10 heteroatoms. The van der Waals surface area contributed by atoms with Crippen LogP contribution in [0.2, 0.25) is 0 Å². The summed E-state index contributed by atoms with van der Waals surface area (Å²) in [5.74, 6) is -0.565. The van der Waals surface area contributed by atoms with E-state index in [-0.39, 0.29) is 29.8 Å². The van der Waals surface area contributed by atoms with Gasteiger partial charge in [-0.3, -0.25) is 10.1 Å². The molecule has 1 aromatic heterocycles. The number of benzene rings is 1. The second-order valence-corrected chi connectivity index (χ2v) is 6.16. The van der Waals surface area contributed by atoms with E-state index in [2.05, 4.69) is 15.3 Å². The Morgan fingerprint density at radius 1 is 1.35 bits per heavy atom. The third kappa shape index (κ3) is 3.80. The molecule has 2 heterocycles. The fourth-order valence-corrected chi connectivity index (χ4v) is 2.91. The quantitative estimate of drug-likeness (QED) is 0.629. The molecule has 1 aromatic carbocycles. The van der Waals surface area contributed by atoms with Gasteiger partial charge in [-0.1, -0.05) is 6.07 Å². The highest BCUT2D eigenvalue weighted by Gasteiger charge is 2.29. The summed E-state index contributed by atoms with van der Waals surface area (Å²) in [6.07, 6.45) is -0.0863. The van der Waals surface area contributed by atoms with E-state index in [4.69, 9.17) is 10.5 Å². The van der Waals surface area contributed by atoms with Crippen molar-refractivity contribution >= 4 is 29.0 Å². The molecule has 0 radical (unpaired) electrons. The van der Waals surface area contributed by atoms with Gasteiger partial charge in [-0.2, -0.15) is 9.97 Å². The highest BCUT2D eigenvalue weighted by atomic mass is 19.1. The molecule has 0 bridgehead atoms. The van der Waals surface area contributed by atoms with Crippen molar-refractivity contribution in [3.63, 3.8) is 0 Å². The summed E-state index contributed by atoms with van der Waals surface area (Å²) in [6.45, 7) is 4.90. The molecule has 1 saturated heterocycles. The molecule has 0 aliphatic carbocycles. The van der Waals surface area contributed by atoms with Crippen LogP contribution in [-0.2, 0) is 4.74 Å². The maximum atomic E-state index is 13.4. The molecule has 0 spiro atoms. The summed E-state index contributed by atoms with van der Waals surface area (Å²) < 4.78 is 19.1. The molecule has 26 heavy (non-hydrogen) atoms. The number of ether oxygens (including phenoxy) is 1. The molecule has 0 unspecified atom stereocenters. The Balaban J connectivity index is 2.00. The van der Waals surface area contributed by atoms with Gasteiger partial charge < -0.3 is 20.7 Å². The van der Waals surface area contributed by atoms with Gasteiger partial charge in [0.25, 0.3) is 0 Å². The number of rotatable bonds is 4. The Bertz CT molecular complexity index is 824. The molecule has 2 atom stereocenters. The van der Waals surface area contributed by atoms with Crippen molar-refractivity contribution in [2.45, 2.75) is 26.1 Å². The number of aromatic nitrogens is 2. The number of morpholine rings is 1. The van der Waals surface area contributed by atoms with Crippen LogP contribution in [0.5, 0.6) is 0 Å². The Morgan fingerprint density at radius 2 is 2.04 bits per heavy atom. The van der Waals surface area contributed by atoms with Crippen molar-refractivity contribution in [1.82, 2.24) is 9.97 Å². The monoisotopic (exact) mass is 362 g/mol. The number of hydrogen-bond donors (Lipinski definition) is 2. The summed E-state index contributed by atoms with van der Waals surface area (Å²) in [5.41, 5.74) is 5.69. The number of nitrogens with zero attached hydrogens (tertiary/aromatic N) is 4. The SMILES string of the molecule is C[C@@H]1CN(c2nc(N)c([N+](=O)[O-])c(Nc3cccc(F)c3)n2)C[C@H](C)O1. The number of nitro groups is 1. The molecule has 9 nitrogen and oxygen atoms in total. The molecule has 1 fully saturated rings. The topological polar surface area (TPSA) is 119 Å². The number of anilines is 4. The van der Waals surface area contributed by atoms with Crippen molar-refractivity contribution in [2.75, 3.05) is 29.0 Å². The van der Waals surface area contributed by atoms with Crippen LogP contribution in [0.15, 0.2) is 24.3 Å². The maximum Gasteiger partial charge on any atom is 0.353 e. The Kier molecular flexibility index (Phi) is 4.85. The Labute approximate surface area is 149 Å². The first-order chi connectivity index (χ1) is 12.3. The predicted molar refractivity (Wildman–Crippen MR) is 95.0 cm³/mol. The van der Waals surface area contributed by atoms with Gasteiger partial charge in [0.05, 0.1) is 17.1 Å². The summed E-state index contributed by atoms with van der Waals surface area (Å²) >= 11 is 0. The van der Waals surface area contributed by atoms with E-state index in [1.54, 1.807) is 6.07 Å². The molecular formula is C16H19FN6O3. The average molecular weight is 362 g/mol. The van der Waals surface area contributed by atoms with E-state index in [0.29, 0.717) is 18.8 Å². The van der Waals surface area contributed by atoms with Crippen LogP contribution in [0.3, 0.4) is 0 Å². The smallest absolute Gasteiger partial charge is 0.353 e. The second kappa shape index (κ2) is 7.08. The zero-order valence-electron chi connectivity index (χ0n) is 14.3. The van der Waals surface area contributed by atoms with Crippen LogP contribution in [0.25, 0.3) is 0 Å². The van der Waals surface area contributed by atoms with Gasteiger partial charge in [-0.15, -0.1) is 0 Å². The predicted octanol–water partition coefficient (Wildman–Crippen LogP) is 2.46. The first kappa shape index (κ1) is 17.8. The third-order valence-electron chi connectivity index (χ3n) is 3.87. The van der Waals surface area contributed by atoms with E-state index < -0.39 is 16.4 Å². The zero-order chi connectivity index (χ0) is 18.8. The Hall–Kier alpha value is -3.01. The van der Waals surface area contributed by atoms with E-state index in [9.17, 15) is 14.5 Å². The second-order valence-electron chi connectivity index (χ2n) is 6.16. The molecule has 1 aliphatic heterocycles. The largest absolute Gasteiger partial charge is 0.378 e. The van der Waals surface area contributed by atoms with E-state index in [1.165, 1.54) is 18.2 Å². The number of nitrogen functional groups attached to an aromatic ring is 1. The molecule has 3 N–H and O–H groups in total. The molecule has 0 saturated carbocycles. The van der Waals surface area contributed by atoms with E-state index in [0.717, 1.165) is 0 Å². The van der Waals surface area contributed by atoms with Gasteiger partial charge in [-0.25, -0.2) is 4.39 Å². The number of hydrogen-bond acceptors (Lipinski definition) is 8. The standard InChI is InChI=1S/C16H19FN6O3/c1-9-7-22(8-10(2)26-9)16-20-14(18)13(23(24)25)15(21-16)19-12-5-3-4-11(17)6-12/h3-6,9-10H,7-8H2,1-2H3,(H3,18,19,20,21)/t9-,10+. The number of halogens is 1. The van der Waals surface area contributed by atoms with Gasteiger partial charge in [-0.05, 0) is 32.0 Å². The van der Waals surface area contributed by atoms with Crippen LogP contribution in [0, 0.1) is 15.9 Å². The maximum absolute atomic E-state index is 13.4. The minimum Gasteiger partial charge on any atom is -0.378 e. The van der Waals surface area contributed by atoms with E-state index in [1.807, 2.05) is 18.7 Å². The van der Waals surface area contributed by atoms with Crippen molar-refractivity contribution in [3.8, 4) is 0 Å². The fraction of sp³-hybridized carbons (Fsp3) is 0.375. The van der Waals surface area contributed by atoms with Gasteiger partial charge >= 0.3 is 5.69 Å². The summed E-state index contributed by atoms with van der Waals surface area (Å²) in [6, 6.07) is 5.54. The molecule has 138 valence electrons. The van der Waals surface area contributed by atoms with Crippen molar-refractivity contribution in [1.29, 1.82) is 0 Å². The third-order valence-corrected chi connectivity index (χ3v) is 3.87. The lowest BCUT2D eigenvalue weighted by Gasteiger charge is -2.35. The zero-order valence-corrected chi connectivity index (χ0v) is 14.3. The van der Waals surface area contributed by atoms with Crippen LogP contribution in [-0.4, -0.2) is 40.2 Å². The van der Waals surface area contributed by atoms with Crippen LogP contribution >= 0.6 is 0 Å². The molecule has 0 amide bonds. The van der Waals surface area contributed by atoms with Gasteiger partial charge in [0.15, 0.2) is 0 Å². The Morgan fingerprint density at radius 3 is 2.65 bits per heavy atom. The summed E-state index contributed by atoms with van der Waals surface area (Å²) in [5, 5.41) is 14.2. The minimum atomic E-state index is -0.661. The van der Waals surface area contributed by atoms with Crippen LogP contribution < -0.4 is 16.0 Å². The number of nitrogens with one attached hydrogen (secondary N) is 1. The van der Waals surface area contributed by atoms with Crippen molar-refractivity contribution in [3.05, 3.63) is 40.2 Å². The highest BCUT2D eigenvalue weighted by molar-refractivity contribution is 5.74. The van der Waals surface area contributed by atoms with Gasteiger partial charge in [0.1, 0.15) is 5.82 Å². The highest BCUT2D eigenvalue weighted by Crippen LogP contribution is 2.33. The first-order valence-electron chi connectivity index (χ1n) is 8.08. The molecular weight excluding hydrogens is 343 g/mol. The first-order valence-corrected chi connectivity index (χ1v) is 8.08. The van der Waals surface area contributed by atoms with Crippen LogP contribution in [0.1, 0.15) is 13.8 Å². The summed E-state index contributed by atoms with van der Waals surface area (Å²) in [7, 11) is 0. The van der Waals surface area contributed by atoms with Crippen LogP contribution in [0.4, 0.5) is 33.3 Å². The molecule has 2 aromatic rings. The minimum absolute atomic E-state index is 0.0432. The van der Waals surface area contributed by atoms with Gasteiger partial charge in [0, 0.05) is 18.8 Å². The van der Waals surface area contributed by atoms with Crippen molar-refractivity contribution in [2.24, 2.45) is 0 Å². The summed E-state index contributed by atoms with van der Waals surface area (Å²) in [4.78, 5) is 20.9. The fourth-order valence-electron chi connectivity index (χ4n) is 2.91. The van der Waals surface area contributed by atoms with Gasteiger partial charge in [0.2, 0.25) is 17.6 Å². The van der Waals surface area contributed by atoms with Crippen molar-refractivity contribution < 1.29 is 14.1 Å². The number of nitrogens with two attached hydrogens (primary N) is 1. The van der Waals surface area contributed by atoms with E-state index >= 15 is 0 Å². The lowest BCUT2D eigenvalue weighted by atomic mass is 10.2. The lowest BCUT2D eigenvalue weighted by Crippen LogP contribution is -2.46. The average Bonchev–Trinajstić information content (AvgIpc) is 2.53. The normalized spacial score (nSPS) is 20.0.